The number of anilines is 1. The van der Waals surface area contributed by atoms with Crippen LogP contribution < -0.4 is 14.8 Å². The van der Waals surface area contributed by atoms with E-state index in [9.17, 15) is 4.79 Å². The number of hydrogen-bond acceptors (Lipinski definition) is 4. The molecule has 0 unspecified atom stereocenters. The van der Waals surface area contributed by atoms with Crippen molar-refractivity contribution in [3.05, 3.63) is 48.5 Å². The highest BCUT2D eigenvalue weighted by Gasteiger charge is 2.16. The largest absolute Gasteiger partial charge is 0.497 e. The summed E-state index contributed by atoms with van der Waals surface area (Å²) in [6.07, 6.45) is 0. The first-order valence-electron chi connectivity index (χ1n) is 6.88. The van der Waals surface area contributed by atoms with Crippen LogP contribution in [0.2, 0.25) is 0 Å². The third-order valence-electron chi connectivity index (χ3n) is 3.09. The van der Waals surface area contributed by atoms with Crippen molar-refractivity contribution in [3.63, 3.8) is 0 Å². The van der Waals surface area contributed by atoms with Gasteiger partial charge in [-0.1, -0.05) is 18.2 Å². The van der Waals surface area contributed by atoms with E-state index in [1.807, 2.05) is 37.3 Å². The van der Waals surface area contributed by atoms with E-state index in [1.54, 1.807) is 32.4 Å². The molecule has 2 rings (SSSR count). The summed E-state index contributed by atoms with van der Waals surface area (Å²) in [5.74, 6) is 1.18. The lowest BCUT2D eigenvalue weighted by atomic mass is 10.2. The summed E-state index contributed by atoms with van der Waals surface area (Å²) >= 11 is 1.51. The molecule has 2 aromatic rings. The highest BCUT2D eigenvalue weighted by atomic mass is 32.2. The number of carbonyl (C=O) groups excluding carboxylic acids is 1. The minimum atomic E-state index is -0.214. The first-order chi connectivity index (χ1) is 10.6. The van der Waals surface area contributed by atoms with Crippen molar-refractivity contribution < 1.29 is 14.3 Å². The van der Waals surface area contributed by atoms with Gasteiger partial charge < -0.3 is 14.8 Å². The molecular formula is C17H19NO3S. The topological polar surface area (TPSA) is 47.6 Å². The van der Waals surface area contributed by atoms with Gasteiger partial charge in [-0.3, -0.25) is 4.79 Å². The minimum Gasteiger partial charge on any atom is -0.497 e. The summed E-state index contributed by atoms with van der Waals surface area (Å²) in [5, 5.41) is 2.68. The molecule has 1 N–H and O–H groups in total. The van der Waals surface area contributed by atoms with E-state index < -0.39 is 0 Å². The molecule has 0 fully saturated rings. The lowest BCUT2D eigenvalue weighted by Gasteiger charge is -2.15. The van der Waals surface area contributed by atoms with Crippen LogP contribution in [0.15, 0.2) is 53.4 Å². The van der Waals surface area contributed by atoms with Gasteiger partial charge in [0.1, 0.15) is 11.5 Å². The van der Waals surface area contributed by atoms with Crippen LogP contribution in [-0.2, 0) is 4.79 Å². The second-order valence-electron chi connectivity index (χ2n) is 4.63. The zero-order chi connectivity index (χ0) is 15.9. The number of amides is 1. The molecular weight excluding hydrogens is 298 g/mol. The van der Waals surface area contributed by atoms with Crippen LogP contribution in [0, 0.1) is 0 Å². The number of methoxy groups -OCH3 is 2. The molecule has 22 heavy (non-hydrogen) atoms. The quantitative estimate of drug-likeness (QED) is 0.823. The Morgan fingerprint density at radius 3 is 2.45 bits per heavy atom. The number of hydrogen-bond donors (Lipinski definition) is 1. The lowest BCUT2D eigenvalue weighted by Crippen LogP contribution is -2.22. The molecule has 0 radical (unpaired) electrons. The molecule has 0 bridgehead atoms. The fourth-order valence-corrected chi connectivity index (χ4v) is 2.78. The van der Waals surface area contributed by atoms with E-state index >= 15 is 0 Å². The van der Waals surface area contributed by atoms with Crippen LogP contribution in [-0.4, -0.2) is 25.4 Å². The Hall–Kier alpha value is -2.14. The van der Waals surface area contributed by atoms with E-state index in [1.165, 1.54) is 11.8 Å². The van der Waals surface area contributed by atoms with Crippen LogP contribution in [0.1, 0.15) is 6.92 Å². The van der Waals surface area contributed by atoms with Crippen LogP contribution in [0.3, 0.4) is 0 Å². The second-order valence-corrected chi connectivity index (χ2v) is 6.04. The minimum absolute atomic E-state index is 0.0719. The van der Waals surface area contributed by atoms with Crippen LogP contribution in [0.4, 0.5) is 5.69 Å². The first-order valence-corrected chi connectivity index (χ1v) is 7.76. The molecule has 116 valence electrons. The Bertz CT molecular complexity index is 631. The predicted octanol–water partition coefficient (Wildman–Crippen LogP) is 3.82. The third-order valence-corrected chi connectivity index (χ3v) is 4.20. The van der Waals surface area contributed by atoms with Gasteiger partial charge in [0.25, 0.3) is 0 Å². The molecule has 0 heterocycles. The molecule has 1 amide bonds. The van der Waals surface area contributed by atoms with Crippen LogP contribution in [0.5, 0.6) is 11.5 Å². The summed E-state index contributed by atoms with van der Waals surface area (Å²) in [7, 11) is 3.15. The van der Waals surface area contributed by atoms with E-state index in [0.717, 1.165) is 4.90 Å². The Kier molecular flexibility index (Phi) is 5.72. The number of ether oxygens (including phenoxy) is 2. The summed E-state index contributed by atoms with van der Waals surface area (Å²) in [4.78, 5) is 13.4. The maximum Gasteiger partial charge on any atom is 0.237 e. The van der Waals surface area contributed by atoms with Crippen LogP contribution >= 0.6 is 11.8 Å². The normalized spacial score (nSPS) is 11.6. The predicted molar refractivity (Wildman–Crippen MR) is 89.9 cm³/mol. The maximum absolute atomic E-state index is 12.3. The summed E-state index contributed by atoms with van der Waals surface area (Å²) < 4.78 is 10.4. The smallest absolute Gasteiger partial charge is 0.237 e. The van der Waals surface area contributed by atoms with Crippen molar-refractivity contribution in [2.24, 2.45) is 0 Å². The number of nitrogens with one attached hydrogen (secondary N) is 1. The number of carbonyl (C=O) groups is 1. The average Bonchev–Trinajstić information content (AvgIpc) is 2.56. The van der Waals surface area contributed by atoms with E-state index in [-0.39, 0.29) is 11.2 Å². The van der Waals surface area contributed by atoms with Crippen molar-refractivity contribution in [2.75, 3.05) is 19.5 Å². The summed E-state index contributed by atoms with van der Waals surface area (Å²) in [6.45, 7) is 1.88. The summed E-state index contributed by atoms with van der Waals surface area (Å²) in [5.41, 5.74) is 0.633. The SMILES string of the molecule is COc1ccc(NC(=O)[C@@H](C)Sc2ccccc2)c(OC)c1. The first kappa shape index (κ1) is 16.2. The van der Waals surface area contributed by atoms with E-state index in [4.69, 9.17) is 9.47 Å². The van der Waals surface area contributed by atoms with Gasteiger partial charge in [0.05, 0.1) is 25.2 Å². The maximum atomic E-state index is 12.3. The zero-order valence-electron chi connectivity index (χ0n) is 12.8. The third kappa shape index (κ3) is 4.18. The second kappa shape index (κ2) is 7.75. The van der Waals surface area contributed by atoms with Gasteiger partial charge in [0.15, 0.2) is 0 Å². The number of rotatable bonds is 6. The Balaban J connectivity index is 2.05. The Labute approximate surface area is 134 Å². The van der Waals surface area contributed by atoms with Gasteiger partial charge in [-0.2, -0.15) is 0 Å². The zero-order valence-corrected chi connectivity index (χ0v) is 13.6. The lowest BCUT2D eigenvalue weighted by molar-refractivity contribution is -0.115. The van der Waals surface area contributed by atoms with Crippen LogP contribution in [0.25, 0.3) is 0 Å². The molecule has 5 heteroatoms. The summed E-state index contributed by atoms with van der Waals surface area (Å²) in [6, 6.07) is 15.1. The van der Waals surface area contributed by atoms with E-state index in [2.05, 4.69) is 5.32 Å². The van der Waals surface area contributed by atoms with Gasteiger partial charge in [0, 0.05) is 11.0 Å². The molecule has 0 saturated carbocycles. The van der Waals surface area contributed by atoms with Crippen molar-refractivity contribution in [2.45, 2.75) is 17.1 Å². The Morgan fingerprint density at radius 2 is 1.82 bits per heavy atom. The molecule has 0 aliphatic rings. The van der Waals surface area contributed by atoms with Gasteiger partial charge >= 0.3 is 0 Å². The number of benzene rings is 2. The molecule has 0 aliphatic carbocycles. The van der Waals surface area contributed by atoms with E-state index in [0.29, 0.717) is 17.2 Å². The Morgan fingerprint density at radius 1 is 1.09 bits per heavy atom. The fourth-order valence-electron chi connectivity index (χ4n) is 1.89. The number of thioether (sulfide) groups is 1. The molecule has 0 saturated heterocycles. The standard InChI is InChI=1S/C17H19NO3S/c1-12(22-14-7-5-4-6-8-14)17(19)18-15-10-9-13(20-2)11-16(15)21-3/h4-12H,1-3H3,(H,18,19)/t12-/m1/s1. The van der Waals surface area contributed by atoms with Gasteiger partial charge in [0.2, 0.25) is 5.91 Å². The average molecular weight is 317 g/mol. The van der Waals surface area contributed by atoms with Gasteiger partial charge in [-0.15, -0.1) is 11.8 Å². The molecule has 4 nitrogen and oxygen atoms in total. The molecule has 0 aromatic heterocycles. The molecule has 1 atom stereocenters. The van der Waals surface area contributed by atoms with Gasteiger partial charge in [-0.25, -0.2) is 0 Å². The molecule has 2 aromatic carbocycles. The molecule has 0 aliphatic heterocycles. The highest BCUT2D eigenvalue weighted by molar-refractivity contribution is 8.00. The fraction of sp³-hybridized carbons (Fsp3) is 0.235. The highest BCUT2D eigenvalue weighted by Crippen LogP contribution is 2.30. The molecule has 0 spiro atoms. The van der Waals surface area contributed by atoms with Crippen molar-refractivity contribution in [3.8, 4) is 11.5 Å². The van der Waals surface area contributed by atoms with Crippen molar-refractivity contribution in [1.29, 1.82) is 0 Å². The van der Waals surface area contributed by atoms with Crippen molar-refractivity contribution in [1.82, 2.24) is 0 Å². The van der Waals surface area contributed by atoms with Crippen molar-refractivity contribution >= 4 is 23.4 Å². The van der Waals surface area contributed by atoms with Gasteiger partial charge in [-0.05, 0) is 31.2 Å². The monoisotopic (exact) mass is 317 g/mol.